The highest BCUT2D eigenvalue weighted by atomic mass is 35.5. The third kappa shape index (κ3) is 3.42. The Morgan fingerprint density at radius 3 is 2.42 bits per heavy atom. The second-order valence-corrected chi connectivity index (χ2v) is 8.45. The molecule has 1 aliphatic carbocycles. The number of nitrogens with one attached hydrogen (secondary N) is 1. The van der Waals surface area contributed by atoms with Gasteiger partial charge in [0.1, 0.15) is 5.60 Å². The zero-order valence-corrected chi connectivity index (χ0v) is 16.7. The molecule has 1 N–H and O–H groups in total. The lowest BCUT2D eigenvalue weighted by Crippen LogP contribution is -2.49. The van der Waals surface area contributed by atoms with Crippen LogP contribution in [0, 0.1) is 23.7 Å². The van der Waals surface area contributed by atoms with E-state index in [1.165, 1.54) is 0 Å². The standard InChI is InChI=1S/C19H31N3O3.ClH/c1-3-13(4-2)11-22-12-19(25-18(22)24)5-7-21(8-6-19)17(23)16-14-9-20-10-15(14)16;/h13-16,20H,3-12H2,1-2H3;1H/t14-,15+,16?;. The molecule has 0 aromatic heterocycles. The molecule has 2 amide bonds. The maximum Gasteiger partial charge on any atom is 0.410 e. The summed E-state index contributed by atoms with van der Waals surface area (Å²) >= 11 is 0. The normalized spacial score (nSPS) is 31.8. The molecule has 0 radical (unpaired) electrons. The summed E-state index contributed by atoms with van der Waals surface area (Å²) in [5, 5.41) is 3.35. The van der Waals surface area contributed by atoms with E-state index in [-0.39, 0.29) is 30.0 Å². The summed E-state index contributed by atoms with van der Waals surface area (Å²) in [6.07, 6.45) is 3.59. The van der Waals surface area contributed by atoms with Crippen molar-refractivity contribution in [2.75, 3.05) is 39.3 Å². The molecule has 148 valence electrons. The molecule has 4 aliphatic rings. The van der Waals surface area contributed by atoms with Gasteiger partial charge in [0.05, 0.1) is 6.54 Å². The summed E-state index contributed by atoms with van der Waals surface area (Å²) in [6.45, 7) is 9.32. The average Bonchev–Trinajstić information content (AvgIpc) is 2.94. The van der Waals surface area contributed by atoms with Gasteiger partial charge in [-0.3, -0.25) is 4.79 Å². The molecule has 3 saturated heterocycles. The Labute approximate surface area is 162 Å². The molecule has 0 aromatic carbocycles. The zero-order chi connectivity index (χ0) is 17.6. The van der Waals surface area contributed by atoms with Crippen LogP contribution in [0.15, 0.2) is 0 Å². The highest BCUT2D eigenvalue weighted by Gasteiger charge is 2.58. The summed E-state index contributed by atoms with van der Waals surface area (Å²) in [5.74, 6) is 2.29. The molecule has 6 nitrogen and oxygen atoms in total. The summed E-state index contributed by atoms with van der Waals surface area (Å²) in [7, 11) is 0. The Morgan fingerprint density at radius 1 is 1.23 bits per heavy atom. The van der Waals surface area contributed by atoms with E-state index >= 15 is 0 Å². The van der Waals surface area contributed by atoms with Gasteiger partial charge in [-0.25, -0.2) is 4.79 Å². The molecule has 1 unspecified atom stereocenters. The average molecular weight is 386 g/mol. The van der Waals surface area contributed by atoms with Crippen LogP contribution in [-0.2, 0) is 9.53 Å². The predicted octanol–water partition coefficient (Wildman–Crippen LogP) is 2.12. The third-order valence-corrected chi connectivity index (χ3v) is 7.04. The first-order chi connectivity index (χ1) is 12.1. The predicted molar refractivity (Wildman–Crippen MR) is 101 cm³/mol. The lowest BCUT2D eigenvalue weighted by molar-refractivity contribution is -0.136. The number of piperidine rings is 2. The van der Waals surface area contributed by atoms with E-state index < -0.39 is 0 Å². The number of halogens is 1. The first-order valence-corrected chi connectivity index (χ1v) is 10.0. The number of hydrogen-bond donors (Lipinski definition) is 1. The molecule has 3 atom stereocenters. The van der Waals surface area contributed by atoms with Crippen molar-refractivity contribution in [3.05, 3.63) is 0 Å². The Bertz CT molecular complexity index is 536. The van der Waals surface area contributed by atoms with Crippen LogP contribution in [0.2, 0.25) is 0 Å². The Hall–Kier alpha value is -1.01. The fraction of sp³-hybridized carbons (Fsp3) is 0.895. The van der Waals surface area contributed by atoms with Crippen LogP contribution in [0.3, 0.4) is 0 Å². The van der Waals surface area contributed by atoms with Crippen LogP contribution in [0.5, 0.6) is 0 Å². The fourth-order valence-electron chi connectivity index (χ4n) is 5.08. The molecule has 4 fully saturated rings. The number of nitrogens with zero attached hydrogens (tertiary/aromatic N) is 2. The van der Waals surface area contributed by atoms with Crippen molar-refractivity contribution in [3.63, 3.8) is 0 Å². The highest BCUT2D eigenvalue weighted by Crippen LogP contribution is 2.50. The monoisotopic (exact) mass is 385 g/mol. The van der Waals surface area contributed by atoms with Gasteiger partial charge in [0.2, 0.25) is 5.91 Å². The Morgan fingerprint density at radius 2 is 1.85 bits per heavy atom. The summed E-state index contributed by atoms with van der Waals surface area (Å²) in [4.78, 5) is 28.9. The van der Waals surface area contributed by atoms with Gasteiger partial charge in [-0.15, -0.1) is 12.4 Å². The maximum atomic E-state index is 12.7. The first-order valence-electron chi connectivity index (χ1n) is 10.0. The number of carbonyl (C=O) groups is 2. The third-order valence-electron chi connectivity index (χ3n) is 7.04. The van der Waals surface area contributed by atoms with Gasteiger partial charge in [0.25, 0.3) is 0 Å². The summed E-state index contributed by atoms with van der Waals surface area (Å²) in [6, 6.07) is 0. The van der Waals surface area contributed by atoms with Crippen molar-refractivity contribution in [1.29, 1.82) is 0 Å². The fourth-order valence-corrected chi connectivity index (χ4v) is 5.08. The molecular formula is C19H32ClN3O3. The van der Waals surface area contributed by atoms with E-state index in [0.717, 1.165) is 58.4 Å². The van der Waals surface area contributed by atoms with Crippen molar-refractivity contribution < 1.29 is 14.3 Å². The molecule has 1 spiro atoms. The van der Waals surface area contributed by atoms with Gasteiger partial charge >= 0.3 is 6.09 Å². The summed E-state index contributed by atoms with van der Waals surface area (Å²) in [5.41, 5.74) is -0.360. The van der Waals surface area contributed by atoms with E-state index in [1.807, 2.05) is 9.80 Å². The minimum atomic E-state index is -0.360. The smallest absolute Gasteiger partial charge is 0.410 e. The van der Waals surface area contributed by atoms with Gasteiger partial charge in [-0.1, -0.05) is 26.7 Å². The van der Waals surface area contributed by atoms with Crippen molar-refractivity contribution in [2.45, 2.75) is 45.1 Å². The highest BCUT2D eigenvalue weighted by molar-refractivity contribution is 5.85. The van der Waals surface area contributed by atoms with Crippen molar-refractivity contribution in [3.8, 4) is 0 Å². The van der Waals surface area contributed by atoms with Gasteiger partial charge in [0.15, 0.2) is 0 Å². The first kappa shape index (κ1) is 19.7. The lowest BCUT2D eigenvalue weighted by Gasteiger charge is -2.37. The molecule has 3 heterocycles. The number of hydrogen-bond acceptors (Lipinski definition) is 4. The largest absolute Gasteiger partial charge is 0.441 e. The van der Waals surface area contributed by atoms with Crippen molar-refractivity contribution in [1.82, 2.24) is 15.1 Å². The molecule has 3 aliphatic heterocycles. The molecule has 0 bridgehead atoms. The Balaban J connectivity index is 0.00000196. The topological polar surface area (TPSA) is 61.9 Å². The number of amides is 2. The number of rotatable bonds is 5. The summed E-state index contributed by atoms with van der Waals surface area (Å²) < 4.78 is 5.81. The van der Waals surface area contributed by atoms with E-state index in [9.17, 15) is 9.59 Å². The van der Waals surface area contributed by atoms with E-state index in [1.54, 1.807) is 0 Å². The minimum Gasteiger partial charge on any atom is -0.441 e. The number of carbonyl (C=O) groups excluding carboxylic acids is 2. The van der Waals surface area contributed by atoms with Gasteiger partial charge in [-0.2, -0.15) is 0 Å². The molecule has 7 heteroatoms. The number of likely N-dealkylation sites (tertiary alicyclic amines) is 1. The SMILES string of the molecule is CCC(CC)CN1CC2(CCN(C(=O)C3[C@H]4CNC[C@@H]34)CC2)OC1=O.Cl. The van der Waals surface area contributed by atoms with Gasteiger partial charge in [0, 0.05) is 38.4 Å². The van der Waals surface area contributed by atoms with Crippen LogP contribution in [-0.4, -0.2) is 66.7 Å². The minimum absolute atomic E-state index is 0. The van der Waals surface area contributed by atoms with Crippen LogP contribution in [0.4, 0.5) is 4.79 Å². The van der Waals surface area contributed by atoms with Gasteiger partial charge in [-0.05, 0) is 30.8 Å². The van der Waals surface area contributed by atoms with Crippen LogP contribution in [0.25, 0.3) is 0 Å². The van der Waals surface area contributed by atoms with E-state index in [0.29, 0.717) is 30.2 Å². The second-order valence-electron chi connectivity index (χ2n) is 8.45. The van der Waals surface area contributed by atoms with Crippen LogP contribution in [0.1, 0.15) is 39.5 Å². The Kier molecular flexibility index (Phi) is 5.73. The van der Waals surface area contributed by atoms with Crippen molar-refractivity contribution >= 4 is 24.4 Å². The van der Waals surface area contributed by atoms with E-state index in [2.05, 4.69) is 19.2 Å². The quantitative estimate of drug-likeness (QED) is 0.787. The maximum absolute atomic E-state index is 12.7. The second kappa shape index (κ2) is 7.55. The molecule has 0 aromatic rings. The number of fused-ring (bicyclic) bond motifs is 1. The zero-order valence-electron chi connectivity index (χ0n) is 15.9. The molecule has 4 rings (SSSR count). The molecule has 26 heavy (non-hydrogen) atoms. The van der Waals surface area contributed by atoms with Crippen molar-refractivity contribution in [2.24, 2.45) is 23.7 Å². The van der Waals surface area contributed by atoms with Gasteiger partial charge < -0.3 is 19.9 Å². The lowest BCUT2D eigenvalue weighted by atomic mass is 9.90. The number of ether oxygens (including phenoxy) is 1. The van der Waals surface area contributed by atoms with E-state index in [4.69, 9.17) is 4.74 Å². The van der Waals surface area contributed by atoms with Crippen LogP contribution < -0.4 is 5.32 Å². The van der Waals surface area contributed by atoms with Crippen LogP contribution >= 0.6 is 12.4 Å². The molecular weight excluding hydrogens is 354 g/mol. The molecule has 1 saturated carbocycles.